The zero-order valence-corrected chi connectivity index (χ0v) is 5.57. The molecule has 0 fully saturated rings. The van der Waals surface area contributed by atoms with Crippen molar-refractivity contribution in [1.29, 1.82) is 10.5 Å². The molecule has 2 N–H and O–H groups in total. The number of nitriles is 2. The van der Waals surface area contributed by atoms with Crippen LogP contribution in [-0.2, 0) is 0 Å². The highest BCUT2D eigenvalue weighted by Crippen LogP contribution is 2.08. The number of hydrogen-bond donors (Lipinski definition) is 1. The fourth-order valence-corrected chi connectivity index (χ4v) is 0.624. The van der Waals surface area contributed by atoms with Gasteiger partial charge in [-0.2, -0.15) is 10.5 Å². The number of nitrogens with two attached hydrogens (primary N) is 1. The van der Waals surface area contributed by atoms with Crippen molar-refractivity contribution in [2.45, 2.75) is 0 Å². The Morgan fingerprint density at radius 3 is 2.64 bits per heavy atom. The summed E-state index contributed by atoms with van der Waals surface area (Å²) < 4.78 is 0. The van der Waals surface area contributed by atoms with Crippen LogP contribution in [0.2, 0.25) is 0 Å². The van der Waals surface area contributed by atoms with Crippen LogP contribution in [0.15, 0.2) is 12.3 Å². The number of hydrogen-bond acceptors (Lipinski definition) is 4. The summed E-state index contributed by atoms with van der Waals surface area (Å²) in [5, 5.41) is 16.9. The molecule has 0 amide bonds. The Kier molecular flexibility index (Phi) is 1.71. The lowest BCUT2D eigenvalue weighted by Gasteiger charge is -1.93. The third kappa shape index (κ3) is 1.25. The van der Waals surface area contributed by atoms with Crippen molar-refractivity contribution in [2.75, 3.05) is 5.73 Å². The van der Waals surface area contributed by atoms with Crippen molar-refractivity contribution >= 4 is 5.69 Å². The van der Waals surface area contributed by atoms with Gasteiger partial charge in [0, 0.05) is 0 Å². The van der Waals surface area contributed by atoms with Gasteiger partial charge in [0.05, 0.1) is 17.4 Å². The van der Waals surface area contributed by atoms with Gasteiger partial charge in [0.2, 0.25) is 0 Å². The highest BCUT2D eigenvalue weighted by Gasteiger charge is 1.99. The Bertz CT molecular complexity index is 356. The molecule has 0 aliphatic carbocycles. The summed E-state index contributed by atoms with van der Waals surface area (Å²) in [6, 6.07) is 5.02. The topological polar surface area (TPSA) is 86.5 Å². The van der Waals surface area contributed by atoms with Crippen molar-refractivity contribution in [3.63, 3.8) is 0 Å². The first kappa shape index (κ1) is 7.04. The average Bonchev–Trinajstić information content (AvgIpc) is 2.05. The Morgan fingerprint density at radius 2 is 2.09 bits per heavy atom. The van der Waals surface area contributed by atoms with Gasteiger partial charge in [-0.05, 0) is 6.07 Å². The predicted octanol–water partition coefficient (Wildman–Crippen LogP) is 0.407. The van der Waals surface area contributed by atoms with E-state index >= 15 is 0 Å². The first-order valence-corrected chi connectivity index (χ1v) is 2.83. The van der Waals surface area contributed by atoms with Gasteiger partial charge in [0.15, 0.2) is 0 Å². The molecular formula is C7H4N4. The Balaban J connectivity index is 3.29. The fraction of sp³-hybridized carbons (Fsp3) is 0. The molecule has 4 heteroatoms. The van der Waals surface area contributed by atoms with E-state index < -0.39 is 0 Å². The van der Waals surface area contributed by atoms with Crippen molar-refractivity contribution in [3.8, 4) is 12.1 Å². The molecule has 0 unspecified atom stereocenters. The van der Waals surface area contributed by atoms with Crippen LogP contribution >= 0.6 is 0 Å². The number of pyridine rings is 1. The van der Waals surface area contributed by atoms with E-state index in [0.717, 1.165) is 0 Å². The van der Waals surface area contributed by atoms with E-state index in [1.54, 1.807) is 0 Å². The molecule has 0 aromatic carbocycles. The molecule has 0 saturated carbocycles. The minimum atomic E-state index is 0.204. The van der Waals surface area contributed by atoms with Crippen molar-refractivity contribution in [3.05, 3.63) is 23.5 Å². The summed E-state index contributed by atoms with van der Waals surface area (Å²) >= 11 is 0. The summed E-state index contributed by atoms with van der Waals surface area (Å²) in [6.07, 6.45) is 1.30. The minimum Gasteiger partial charge on any atom is -0.396 e. The highest BCUT2D eigenvalue weighted by atomic mass is 14.7. The minimum absolute atomic E-state index is 0.204. The summed E-state index contributed by atoms with van der Waals surface area (Å²) in [5.74, 6) is 0. The average molecular weight is 144 g/mol. The van der Waals surface area contributed by atoms with Crippen LogP contribution in [0.1, 0.15) is 11.3 Å². The van der Waals surface area contributed by atoms with E-state index in [1.165, 1.54) is 12.3 Å². The third-order valence-corrected chi connectivity index (χ3v) is 1.17. The molecule has 1 aromatic rings. The van der Waals surface area contributed by atoms with E-state index in [9.17, 15) is 0 Å². The molecule has 11 heavy (non-hydrogen) atoms. The van der Waals surface area contributed by atoms with Crippen molar-refractivity contribution in [2.24, 2.45) is 0 Å². The SMILES string of the molecule is N#Cc1cc(C#N)c(N)cn1. The van der Waals surface area contributed by atoms with Crippen LogP contribution in [0, 0.1) is 22.7 Å². The summed E-state index contributed by atoms with van der Waals surface area (Å²) in [4.78, 5) is 3.67. The van der Waals surface area contributed by atoms with Gasteiger partial charge < -0.3 is 5.73 Å². The number of aromatic nitrogens is 1. The normalized spacial score (nSPS) is 8.18. The lowest BCUT2D eigenvalue weighted by atomic mass is 10.2. The van der Waals surface area contributed by atoms with E-state index in [4.69, 9.17) is 16.3 Å². The van der Waals surface area contributed by atoms with E-state index in [1.807, 2.05) is 12.1 Å². The van der Waals surface area contributed by atoms with Crippen LogP contribution < -0.4 is 5.73 Å². The predicted molar refractivity (Wildman–Crippen MR) is 38.1 cm³/mol. The van der Waals surface area contributed by atoms with Crippen LogP contribution in [-0.4, -0.2) is 4.98 Å². The van der Waals surface area contributed by atoms with Gasteiger partial charge in [0.25, 0.3) is 0 Å². The van der Waals surface area contributed by atoms with Gasteiger partial charge >= 0.3 is 0 Å². The van der Waals surface area contributed by atoms with Crippen LogP contribution in [0.4, 0.5) is 5.69 Å². The van der Waals surface area contributed by atoms with Gasteiger partial charge in [0.1, 0.15) is 17.8 Å². The molecule has 1 aromatic heterocycles. The Hall–Kier alpha value is -2.07. The van der Waals surface area contributed by atoms with Crippen LogP contribution in [0.3, 0.4) is 0 Å². The van der Waals surface area contributed by atoms with Gasteiger partial charge in [-0.25, -0.2) is 4.98 Å². The standard InChI is InChI=1S/C7H4N4/c8-2-5-1-6(3-9)11-4-7(5)10/h1,4H,10H2. The van der Waals surface area contributed by atoms with Gasteiger partial charge in [-0.3, -0.25) is 0 Å². The summed E-state index contributed by atoms with van der Waals surface area (Å²) in [5.41, 5.74) is 6.15. The molecule has 0 radical (unpaired) electrons. The summed E-state index contributed by atoms with van der Waals surface area (Å²) in [6.45, 7) is 0. The quantitative estimate of drug-likeness (QED) is 0.571. The molecular weight excluding hydrogens is 140 g/mol. The molecule has 0 aliphatic heterocycles. The Morgan fingerprint density at radius 1 is 1.36 bits per heavy atom. The molecule has 0 bridgehead atoms. The molecule has 4 nitrogen and oxygen atoms in total. The first-order valence-electron chi connectivity index (χ1n) is 2.83. The molecule has 1 heterocycles. The maximum absolute atomic E-state index is 8.47. The fourth-order valence-electron chi connectivity index (χ4n) is 0.624. The number of rotatable bonds is 0. The molecule has 52 valence electrons. The van der Waals surface area contributed by atoms with Gasteiger partial charge in [-0.15, -0.1) is 0 Å². The van der Waals surface area contributed by atoms with E-state index in [2.05, 4.69) is 4.98 Å². The second-order valence-electron chi connectivity index (χ2n) is 1.88. The van der Waals surface area contributed by atoms with Gasteiger partial charge in [-0.1, -0.05) is 0 Å². The molecule has 0 spiro atoms. The maximum atomic E-state index is 8.47. The lowest BCUT2D eigenvalue weighted by Crippen LogP contribution is -1.93. The monoisotopic (exact) mass is 144 g/mol. The van der Waals surface area contributed by atoms with E-state index in [-0.39, 0.29) is 11.3 Å². The smallest absolute Gasteiger partial charge is 0.141 e. The zero-order valence-electron chi connectivity index (χ0n) is 5.57. The molecule has 0 aliphatic rings. The Labute approximate surface area is 63.5 Å². The molecule has 0 atom stereocenters. The maximum Gasteiger partial charge on any atom is 0.141 e. The second kappa shape index (κ2) is 2.68. The van der Waals surface area contributed by atoms with Crippen molar-refractivity contribution < 1.29 is 0 Å². The van der Waals surface area contributed by atoms with Crippen LogP contribution in [0.5, 0.6) is 0 Å². The van der Waals surface area contributed by atoms with Crippen LogP contribution in [0.25, 0.3) is 0 Å². The lowest BCUT2D eigenvalue weighted by molar-refractivity contribution is 1.25. The molecule has 0 saturated heterocycles. The largest absolute Gasteiger partial charge is 0.396 e. The zero-order chi connectivity index (χ0) is 8.27. The summed E-state index contributed by atoms with van der Waals surface area (Å²) in [7, 11) is 0. The number of nitrogens with zero attached hydrogens (tertiary/aromatic N) is 3. The third-order valence-electron chi connectivity index (χ3n) is 1.17. The number of nitrogen functional groups attached to an aromatic ring is 1. The van der Waals surface area contributed by atoms with E-state index in [0.29, 0.717) is 5.69 Å². The van der Waals surface area contributed by atoms with Crippen molar-refractivity contribution in [1.82, 2.24) is 4.98 Å². The molecule has 1 rings (SSSR count). The highest BCUT2D eigenvalue weighted by molar-refractivity contribution is 5.53. The second-order valence-corrected chi connectivity index (χ2v) is 1.88. The first-order chi connectivity index (χ1) is 5.27. The number of anilines is 1.